The minimum absolute atomic E-state index is 0.0390. The first-order valence-corrected chi connectivity index (χ1v) is 6.47. The molecule has 19 heavy (non-hydrogen) atoms. The van der Waals surface area contributed by atoms with Crippen molar-refractivity contribution in [2.75, 3.05) is 0 Å². The van der Waals surface area contributed by atoms with Gasteiger partial charge in [-0.1, -0.05) is 30.3 Å². The van der Waals surface area contributed by atoms with Gasteiger partial charge in [0.15, 0.2) is 0 Å². The van der Waals surface area contributed by atoms with Crippen molar-refractivity contribution in [1.82, 2.24) is 4.98 Å². The largest absolute Gasteiger partial charge is 0.477 e. The molecule has 0 saturated carbocycles. The quantitative estimate of drug-likeness (QED) is 0.933. The lowest BCUT2D eigenvalue weighted by Gasteiger charge is -2.15. The van der Waals surface area contributed by atoms with Gasteiger partial charge >= 0.3 is 5.97 Å². The standard InChI is InChI=1S/C14H12BrNO3/c1-9(10-5-3-2-4-6-10)19-13-12(14(17)18)7-11(15)8-16-13/h2-9H,1H3,(H,17,18). The van der Waals surface area contributed by atoms with Gasteiger partial charge in [-0.05, 0) is 34.5 Å². The summed E-state index contributed by atoms with van der Waals surface area (Å²) in [5, 5.41) is 9.13. The molecule has 98 valence electrons. The SMILES string of the molecule is CC(Oc1ncc(Br)cc1C(=O)O)c1ccccc1. The summed E-state index contributed by atoms with van der Waals surface area (Å²) in [6.07, 6.45) is 1.24. The number of halogens is 1. The van der Waals surface area contributed by atoms with E-state index in [-0.39, 0.29) is 17.5 Å². The highest BCUT2D eigenvalue weighted by Gasteiger charge is 2.16. The fourth-order valence-electron chi connectivity index (χ4n) is 1.63. The third-order valence-electron chi connectivity index (χ3n) is 2.61. The molecule has 0 spiro atoms. The van der Waals surface area contributed by atoms with Crippen molar-refractivity contribution < 1.29 is 14.6 Å². The van der Waals surface area contributed by atoms with E-state index in [0.29, 0.717) is 4.47 Å². The molecule has 1 N–H and O–H groups in total. The van der Waals surface area contributed by atoms with Crippen molar-refractivity contribution in [3.63, 3.8) is 0 Å². The van der Waals surface area contributed by atoms with E-state index in [4.69, 9.17) is 9.84 Å². The third-order valence-corrected chi connectivity index (χ3v) is 3.04. The van der Waals surface area contributed by atoms with Crippen LogP contribution in [0.4, 0.5) is 0 Å². The lowest BCUT2D eigenvalue weighted by Crippen LogP contribution is -2.09. The first-order valence-electron chi connectivity index (χ1n) is 5.68. The van der Waals surface area contributed by atoms with Crippen LogP contribution in [0, 0.1) is 0 Å². The van der Waals surface area contributed by atoms with E-state index in [1.807, 2.05) is 37.3 Å². The van der Waals surface area contributed by atoms with Crippen molar-refractivity contribution in [2.24, 2.45) is 0 Å². The zero-order valence-electron chi connectivity index (χ0n) is 10.2. The Morgan fingerprint density at radius 2 is 2.05 bits per heavy atom. The Morgan fingerprint density at radius 1 is 1.37 bits per heavy atom. The Labute approximate surface area is 119 Å². The maximum atomic E-state index is 11.2. The molecule has 2 aromatic rings. The zero-order valence-corrected chi connectivity index (χ0v) is 11.8. The molecule has 1 aromatic heterocycles. The van der Waals surface area contributed by atoms with E-state index in [9.17, 15) is 4.79 Å². The predicted octanol–water partition coefficient (Wildman–Crippen LogP) is 3.68. The molecule has 0 aliphatic rings. The highest BCUT2D eigenvalue weighted by atomic mass is 79.9. The number of aromatic nitrogens is 1. The van der Waals surface area contributed by atoms with Gasteiger partial charge in [-0.25, -0.2) is 9.78 Å². The summed E-state index contributed by atoms with van der Waals surface area (Å²) in [5.74, 6) is -0.948. The summed E-state index contributed by atoms with van der Waals surface area (Å²) in [7, 11) is 0. The Kier molecular flexibility index (Phi) is 4.16. The molecule has 0 fully saturated rings. The van der Waals surface area contributed by atoms with Gasteiger partial charge in [0.2, 0.25) is 5.88 Å². The van der Waals surface area contributed by atoms with Crippen molar-refractivity contribution >= 4 is 21.9 Å². The lowest BCUT2D eigenvalue weighted by atomic mass is 10.1. The van der Waals surface area contributed by atoms with Crippen LogP contribution in [0.3, 0.4) is 0 Å². The van der Waals surface area contributed by atoms with E-state index in [1.54, 1.807) is 0 Å². The molecule has 1 atom stereocenters. The van der Waals surface area contributed by atoms with Crippen LogP contribution in [0.1, 0.15) is 28.9 Å². The van der Waals surface area contributed by atoms with Gasteiger partial charge in [0, 0.05) is 10.7 Å². The average molecular weight is 322 g/mol. The second-order valence-corrected chi connectivity index (χ2v) is 4.90. The van der Waals surface area contributed by atoms with E-state index >= 15 is 0 Å². The van der Waals surface area contributed by atoms with Gasteiger partial charge in [-0.3, -0.25) is 0 Å². The molecule has 4 nitrogen and oxygen atoms in total. The fourth-order valence-corrected chi connectivity index (χ4v) is 1.96. The van der Waals surface area contributed by atoms with Crippen LogP contribution in [0.2, 0.25) is 0 Å². The normalized spacial score (nSPS) is 11.9. The molecule has 0 bridgehead atoms. The predicted molar refractivity (Wildman–Crippen MR) is 74.4 cm³/mol. The van der Waals surface area contributed by atoms with E-state index in [0.717, 1.165) is 5.56 Å². The number of aromatic carboxylic acids is 1. The van der Waals surface area contributed by atoms with Crippen LogP contribution in [0.15, 0.2) is 47.1 Å². The summed E-state index contributed by atoms with van der Waals surface area (Å²) in [5.41, 5.74) is 1.00. The Hall–Kier alpha value is -1.88. The maximum Gasteiger partial charge on any atom is 0.341 e. The van der Waals surface area contributed by atoms with Crippen molar-refractivity contribution in [1.29, 1.82) is 0 Å². The van der Waals surface area contributed by atoms with E-state index in [2.05, 4.69) is 20.9 Å². The van der Waals surface area contributed by atoms with Gasteiger partial charge in [-0.2, -0.15) is 0 Å². The molecule has 0 aliphatic carbocycles. The van der Waals surface area contributed by atoms with Crippen molar-refractivity contribution in [2.45, 2.75) is 13.0 Å². The maximum absolute atomic E-state index is 11.2. The van der Waals surface area contributed by atoms with Crippen LogP contribution in [-0.2, 0) is 0 Å². The van der Waals surface area contributed by atoms with Gasteiger partial charge in [0.25, 0.3) is 0 Å². The lowest BCUT2D eigenvalue weighted by molar-refractivity contribution is 0.0688. The summed E-state index contributed by atoms with van der Waals surface area (Å²) < 4.78 is 6.24. The number of pyridine rings is 1. The monoisotopic (exact) mass is 321 g/mol. The number of ether oxygens (including phenoxy) is 1. The molecule has 0 amide bonds. The van der Waals surface area contributed by atoms with Crippen LogP contribution in [0.5, 0.6) is 5.88 Å². The van der Waals surface area contributed by atoms with Crippen LogP contribution >= 0.6 is 15.9 Å². The number of hydrogen-bond donors (Lipinski definition) is 1. The number of carboxylic acids is 1. The second-order valence-electron chi connectivity index (χ2n) is 3.98. The van der Waals surface area contributed by atoms with Crippen LogP contribution in [-0.4, -0.2) is 16.1 Å². The van der Waals surface area contributed by atoms with Crippen LogP contribution in [0.25, 0.3) is 0 Å². The third kappa shape index (κ3) is 3.32. The van der Waals surface area contributed by atoms with Gasteiger partial charge in [0.05, 0.1) is 0 Å². The van der Waals surface area contributed by atoms with E-state index in [1.165, 1.54) is 12.3 Å². The molecule has 1 heterocycles. The minimum atomic E-state index is -1.07. The molecule has 1 aromatic carbocycles. The Morgan fingerprint density at radius 3 is 2.68 bits per heavy atom. The number of carbonyl (C=O) groups is 1. The molecule has 0 saturated heterocycles. The Bertz CT molecular complexity index is 586. The molecule has 0 aliphatic heterocycles. The smallest absolute Gasteiger partial charge is 0.341 e. The molecule has 1 unspecified atom stereocenters. The number of nitrogens with zero attached hydrogens (tertiary/aromatic N) is 1. The van der Waals surface area contributed by atoms with E-state index < -0.39 is 5.97 Å². The number of hydrogen-bond acceptors (Lipinski definition) is 3. The average Bonchev–Trinajstić information content (AvgIpc) is 2.41. The summed E-state index contributed by atoms with van der Waals surface area (Å²) in [6, 6.07) is 11.0. The topological polar surface area (TPSA) is 59.4 Å². The number of benzene rings is 1. The molecule has 5 heteroatoms. The highest BCUT2D eigenvalue weighted by molar-refractivity contribution is 9.10. The molecule has 0 radical (unpaired) electrons. The van der Waals surface area contributed by atoms with Gasteiger partial charge in [0.1, 0.15) is 11.7 Å². The minimum Gasteiger partial charge on any atom is -0.477 e. The van der Waals surface area contributed by atoms with Gasteiger partial charge < -0.3 is 9.84 Å². The summed E-state index contributed by atoms with van der Waals surface area (Å²) in [4.78, 5) is 15.2. The highest BCUT2D eigenvalue weighted by Crippen LogP contribution is 2.25. The zero-order chi connectivity index (χ0) is 13.8. The molecular formula is C14H12BrNO3. The van der Waals surface area contributed by atoms with Crippen molar-refractivity contribution in [3.8, 4) is 5.88 Å². The second kappa shape index (κ2) is 5.84. The molecular weight excluding hydrogens is 310 g/mol. The summed E-state index contributed by atoms with van der Waals surface area (Å²) in [6.45, 7) is 1.85. The van der Waals surface area contributed by atoms with Crippen molar-refractivity contribution in [3.05, 3.63) is 58.2 Å². The molecule has 2 rings (SSSR count). The number of carboxylic acid groups (broad SMARTS) is 1. The van der Waals surface area contributed by atoms with Crippen LogP contribution < -0.4 is 4.74 Å². The fraction of sp³-hybridized carbons (Fsp3) is 0.143. The number of rotatable bonds is 4. The summed E-state index contributed by atoms with van der Waals surface area (Å²) >= 11 is 3.19. The van der Waals surface area contributed by atoms with Gasteiger partial charge in [-0.15, -0.1) is 0 Å². The first kappa shape index (κ1) is 13.5. The Balaban J connectivity index is 2.26. The first-order chi connectivity index (χ1) is 9.08.